The van der Waals surface area contributed by atoms with Gasteiger partial charge < -0.3 is 11.1 Å². The van der Waals surface area contributed by atoms with E-state index in [9.17, 15) is 0 Å². The van der Waals surface area contributed by atoms with E-state index in [1.165, 1.54) is 10.3 Å². The smallest absolute Gasteiger partial charge is 0.184 e. The monoisotopic (exact) mass is 283 g/mol. The van der Waals surface area contributed by atoms with Crippen molar-refractivity contribution in [3.8, 4) is 0 Å². The molecule has 0 fully saturated rings. The SMILES string of the molecule is NCC(Cc1ccccc1)Nc1nc2ccccc2s1. The number of rotatable bonds is 5. The molecule has 102 valence electrons. The van der Waals surface area contributed by atoms with Gasteiger partial charge in [0.25, 0.3) is 0 Å². The van der Waals surface area contributed by atoms with Gasteiger partial charge in [-0.05, 0) is 24.1 Å². The van der Waals surface area contributed by atoms with Gasteiger partial charge in [-0.2, -0.15) is 0 Å². The van der Waals surface area contributed by atoms with Crippen LogP contribution >= 0.6 is 11.3 Å². The van der Waals surface area contributed by atoms with Crippen LogP contribution in [0.25, 0.3) is 10.2 Å². The van der Waals surface area contributed by atoms with Gasteiger partial charge in [0.2, 0.25) is 0 Å². The number of fused-ring (bicyclic) bond motifs is 1. The minimum Gasteiger partial charge on any atom is -0.357 e. The second-order valence-corrected chi connectivity index (χ2v) is 5.78. The summed E-state index contributed by atoms with van der Waals surface area (Å²) in [5.74, 6) is 0. The van der Waals surface area contributed by atoms with Crippen molar-refractivity contribution in [1.29, 1.82) is 0 Å². The molecule has 1 atom stereocenters. The predicted molar refractivity (Wildman–Crippen MR) is 86.2 cm³/mol. The molecule has 0 aliphatic rings. The number of nitrogens with one attached hydrogen (secondary N) is 1. The van der Waals surface area contributed by atoms with Crippen LogP contribution in [0.5, 0.6) is 0 Å². The number of para-hydroxylation sites is 1. The van der Waals surface area contributed by atoms with Gasteiger partial charge >= 0.3 is 0 Å². The van der Waals surface area contributed by atoms with Crippen molar-refractivity contribution in [2.24, 2.45) is 5.73 Å². The fourth-order valence-corrected chi connectivity index (χ4v) is 3.14. The maximum absolute atomic E-state index is 5.88. The first-order valence-corrected chi connectivity index (χ1v) is 7.53. The van der Waals surface area contributed by atoms with Gasteiger partial charge in [-0.15, -0.1) is 0 Å². The van der Waals surface area contributed by atoms with E-state index in [0.29, 0.717) is 6.54 Å². The summed E-state index contributed by atoms with van der Waals surface area (Å²) in [7, 11) is 0. The third kappa shape index (κ3) is 2.98. The number of thiazole rings is 1. The molecule has 3 N–H and O–H groups in total. The molecular weight excluding hydrogens is 266 g/mol. The van der Waals surface area contributed by atoms with Gasteiger partial charge in [-0.3, -0.25) is 0 Å². The van der Waals surface area contributed by atoms with E-state index in [0.717, 1.165) is 17.1 Å². The normalized spacial score (nSPS) is 12.4. The molecule has 0 aliphatic heterocycles. The third-order valence-electron chi connectivity index (χ3n) is 3.23. The molecule has 20 heavy (non-hydrogen) atoms. The van der Waals surface area contributed by atoms with Gasteiger partial charge in [-0.1, -0.05) is 53.8 Å². The van der Waals surface area contributed by atoms with E-state index >= 15 is 0 Å². The molecule has 3 aromatic rings. The second kappa shape index (κ2) is 6.03. The summed E-state index contributed by atoms with van der Waals surface area (Å²) in [6.45, 7) is 0.588. The van der Waals surface area contributed by atoms with E-state index in [1.54, 1.807) is 11.3 Å². The first-order chi connectivity index (χ1) is 9.85. The Balaban J connectivity index is 1.74. The van der Waals surface area contributed by atoms with E-state index in [2.05, 4.69) is 40.6 Å². The van der Waals surface area contributed by atoms with Crippen molar-refractivity contribution in [3.05, 3.63) is 60.2 Å². The molecule has 1 aromatic heterocycles. The van der Waals surface area contributed by atoms with Crippen molar-refractivity contribution in [2.45, 2.75) is 12.5 Å². The number of aromatic nitrogens is 1. The first kappa shape index (κ1) is 13.1. The average molecular weight is 283 g/mol. The van der Waals surface area contributed by atoms with Crippen LogP contribution in [0.3, 0.4) is 0 Å². The Morgan fingerprint density at radius 3 is 2.55 bits per heavy atom. The second-order valence-electron chi connectivity index (χ2n) is 4.75. The fraction of sp³-hybridized carbons (Fsp3) is 0.188. The summed E-state index contributed by atoms with van der Waals surface area (Å²) in [6, 6.07) is 18.8. The Bertz CT molecular complexity index is 645. The molecular formula is C16H17N3S. The van der Waals surface area contributed by atoms with Gasteiger partial charge in [0.15, 0.2) is 5.13 Å². The highest BCUT2D eigenvalue weighted by molar-refractivity contribution is 7.22. The Kier molecular flexibility index (Phi) is 3.95. The van der Waals surface area contributed by atoms with Crippen LogP contribution in [0.2, 0.25) is 0 Å². The highest BCUT2D eigenvalue weighted by Crippen LogP contribution is 2.26. The first-order valence-electron chi connectivity index (χ1n) is 6.71. The molecule has 3 nitrogen and oxygen atoms in total. The molecule has 3 rings (SSSR count). The van der Waals surface area contributed by atoms with Crippen molar-refractivity contribution in [1.82, 2.24) is 4.98 Å². The maximum atomic E-state index is 5.88. The van der Waals surface area contributed by atoms with Gasteiger partial charge in [0, 0.05) is 12.6 Å². The van der Waals surface area contributed by atoms with Crippen molar-refractivity contribution in [2.75, 3.05) is 11.9 Å². The minimum absolute atomic E-state index is 0.206. The zero-order valence-corrected chi connectivity index (χ0v) is 11.9. The van der Waals surface area contributed by atoms with Crippen LogP contribution in [0.15, 0.2) is 54.6 Å². The number of benzene rings is 2. The lowest BCUT2D eigenvalue weighted by Gasteiger charge is -2.15. The number of nitrogens with two attached hydrogens (primary N) is 1. The van der Waals surface area contributed by atoms with Crippen LogP contribution in [0.4, 0.5) is 5.13 Å². The summed E-state index contributed by atoms with van der Waals surface area (Å²) < 4.78 is 1.20. The topological polar surface area (TPSA) is 50.9 Å². The lowest BCUT2D eigenvalue weighted by molar-refractivity contribution is 0.723. The Morgan fingerprint density at radius 2 is 1.80 bits per heavy atom. The van der Waals surface area contributed by atoms with Crippen LogP contribution in [-0.2, 0) is 6.42 Å². The highest BCUT2D eigenvalue weighted by atomic mass is 32.1. The van der Waals surface area contributed by atoms with Crippen LogP contribution in [-0.4, -0.2) is 17.6 Å². The number of anilines is 1. The molecule has 0 radical (unpaired) electrons. The lowest BCUT2D eigenvalue weighted by atomic mass is 10.1. The Morgan fingerprint density at radius 1 is 1.05 bits per heavy atom. The molecule has 0 amide bonds. The highest BCUT2D eigenvalue weighted by Gasteiger charge is 2.10. The van der Waals surface area contributed by atoms with Crippen LogP contribution < -0.4 is 11.1 Å². The largest absolute Gasteiger partial charge is 0.357 e. The maximum Gasteiger partial charge on any atom is 0.184 e. The zero-order valence-electron chi connectivity index (χ0n) is 11.1. The van der Waals surface area contributed by atoms with Gasteiger partial charge in [0.05, 0.1) is 10.2 Å². The molecule has 1 heterocycles. The quantitative estimate of drug-likeness (QED) is 0.755. The van der Waals surface area contributed by atoms with Gasteiger partial charge in [-0.25, -0.2) is 4.98 Å². The summed E-state index contributed by atoms with van der Waals surface area (Å²) in [6.07, 6.45) is 0.910. The van der Waals surface area contributed by atoms with E-state index in [4.69, 9.17) is 5.73 Å². The van der Waals surface area contributed by atoms with Crippen LogP contribution in [0, 0.1) is 0 Å². The fourth-order valence-electron chi connectivity index (χ4n) is 2.20. The molecule has 1 unspecified atom stereocenters. The summed E-state index contributed by atoms with van der Waals surface area (Å²) in [5.41, 5.74) is 8.20. The summed E-state index contributed by atoms with van der Waals surface area (Å²) >= 11 is 1.67. The number of nitrogens with zero attached hydrogens (tertiary/aromatic N) is 1. The van der Waals surface area contributed by atoms with Crippen molar-refractivity contribution in [3.63, 3.8) is 0 Å². The zero-order chi connectivity index (χ0) is 13.8. The Hall–Kier alpha value is -1.91. The minimum atomic E-state index is 0.206. The molecule has 0 aliphatic carbocycles. The molecule has 4 heteroatoms. The predicted octanol–water partition coefficient (Wildman–Crippen LogP) is 3.28. The summed E-state index contributed by atoms with van der Waals surface area (Å²) in [4.78, 5) is 4.59. The van der Waals surface area contributed by atoms with Crippen molar-refractivity contribution >= 4 is 26.7 Å². The number of hydrogen-bond acceptors (Lipinski definition) is 4. The Labute approximate surface area is 122 Å². The number of hydrogen-bond donors (Lipinski definition) is 2. The van der Waals surface area contributed by atoms with Crippen molar-refractivity contribution < 1.29 is 0 Å². The van der Waals surface area contributed by atoms with E-state index in [-0.39, 0.29) is 6.04 Å². The van der Waals surface area contributed by atoms with E-state index in [1.807, 2.05) is 24.3 Å². The molecule has 0 bridgehead atoms. The third-order valence-corrected chi connectivity index (χ3v) is 4.20. The summed E-state index contributed by atoms with van der Waals surface area (Å²) in [5, 5.41) is 4.39. The standard InChI is InChI=1S/C16H17N3S/c17-11-13(10-12-6-2-1-3-7-12)18-16-19-14-8-4-5-9-15(14)20-16/h1-9,13H,10-11,17H2,(H,18,19). The average Bonchev–Trinajstić information content (AvgIpc) is 2.90. The lowest BCUT2D eigenvalue weighted by Crippen LogP contribution is -2.30. The van der Waals surface area contributed by atoms with Gasteiger partial charge in [0.1, 0.15) is 0 Å². The molecule has 2 aromatic carbocycles. The molecule has 0 saturated heterocycles. The van der Waals surface area contributed by atoms with Crippen LogP contribution in [0.1, 0.15) is 5.56 Å². The molecule has 0 spiro atoms. The molecule has 0 saturated carbocycles. The van der Waals surface area contributed by atoms with E-state index < -0.39 is 0 Å².